The minimum atomic E-state index is -5.18. The van der Waals surface area contributed by atoms with Crippen LogP contribution in [0.4, 0.5) is 22.0 Å². The molecular formula is C10H5F5N2O2. The number of alkyl halides is 5. The van der Waals surface area contributed by atoms with Gasteiger partial charge in [0.05, 0.1) is 23.8 Å². The van der Waals surface area contributed by atoms with Gasteiger partial charge < -0.3 is 4.74 Å². The van der Waals surface area contributed by atoms with Gasteiger partial charge in [0.25, 0.3) is 6.43 Å². The second-order valence-corrected chi connectivity index (χ2v) is 3.21. The molecule has 0 atom stereocenters. The summed E-state index contributed by atoms with van der Waals surface area (Å²) in [6, 6.07) is 1.32. The van der Waals surface area contributed by atoms with Crippen molar-refractivity contribution >= 4 is 5.97 Å². The Hall–Kier alpha value is -2.24. The molecule has 0 fully saturated rings. The van der Waals surface area contributed by atoms with E-state index < -0.39 is 41.0 Å². The topological polar surface area (TPSA) is 63.0 Å². The van der Waals surface area contributed by atoms with E-state index in [1.54, 1.807) is 0 Å². The molecule has 0 radical (unpaired) electrons. The first-order valence-corrected chi connectivity index (χ1v) is 4.60. The Morgan fingerprint density at radius 1 is 1.47 bits per heavy atom. The first-order valence-electron chi connectivity index (χ1n) is 4.60. The molecular weight excluding hydrogens is 275 g/mol. The van der Waals surface area contributed by atoms with Crippen LogP contribution in [0.1, 0.15) is 33.6 Å². The highest BCUT2D eigenvalue weighted by atomic mass is 19.4. The normalized spacial score (nSPS) is 11.3. The molecule has 0 amide bonds. The van der Waals surface area contributed by atoms with Crippen molar-refractivity contribution in [2.24, 2.45) is 0 Å². The molecule has 0 aromatic carbocycles. The standard InChI is InChI=1S/C10H5F5N2O2/c1-19-9(18)5-4(2-16)3-17-7(10(13,14)15)6(5)8(11)12/h3,8H,1H3. The summed E-state index contributed by atoms with van der Waals surface area (Å²) < 4.78 is 67.3. The molecule has 0 saturated carbocycles. The molecule has 4 nitrogen and oxygen atoms in total. The summed E-state index contributed by atoms with van der Waals surface area (Å²) in [4.78, 5) is 14.1. The predicted molar refractivity (Wildman–Crippen MR) is 50.3 cm³/mol. The zero-order valence-corrected chi connectivity index (χ0v) is 9.26. The number of pyridine rings is 1. The van der Waals surface area contributed by atoms with Gasteiger partial charge in [0.2, 0.25) is 0 Å². The Morgan fingerprint density at radius 2 is 2.05 bits per heavy atom. The molecule has 0 aliphatic rings. The van der Waals surface area contributed by atoms with Crippen LogP contribution in [0.3, 0.4) is 0 Å². The molecule has 1 aromatic heterocycles. The lowest BCUT2D eigenvalue weighted by molar-refractivity contribution is -0.143. The third-order valence-corrected chi connectivity index (χ3v) is 2.11. The van der Waals surface area contributed by atoms with Crippen molar-refractivity contribution in [2.75, 3.05) is 7.11 Å². The molecule has 102 valence electrons. The maximum atomic E-state index is 12.8. The highest BCUT2D eigenvalue weighted by Crippen LogP contribution is 2.37. The molecule has 0 N–H and O–H groups in total. The molecule has 9 heteroatoms. The summed E-state index contributed by atoms with van der Waals surface area (Å²) in [6.45, 7) is 0. The van der Waals surface area contributed by atoms with Crippen LogP contribution in [0.5, 0.6) is 0 Å². The Kier molecular flexibility index (Phi) is 4.04. The number of halogens is 5. The minimum Gasteiger partial charge on any atom is -0.465 e. The summed E-state index contributed by atoms with van der Waals surface area (Å²) >= 11 is 0. The van der Waals surface area contributed by atoms with Gasteiger partial charge in [0, 0.05) is 6.20 Å². The molecule has 0 unspecified atom stereocenters. The number of methoxy groups -OCH3 is 1. The highest BCUT2D eigenvalue weighted by Gasteiger charge is 2.41. The van der Waals surface area contributed by atoms with Crippen molar-refractivity contribution in [3.8, 4) is 6.07 Å². The quantitative estimate of drug-likeness (QED) is 0.617. The average molecular weight is 280 g/mol. The van der Waals surface area contributed by atoms with Crippen molar-refractivity contribution in [1.82, 2.24) is 4.98 Å². The van der Waals surface area contributed by atoms with Crippen molar-refractivity contribution in [1.29, 1.82) is 5.26 Å². The number of aromatic nitrogens is 1. The van der Waals surface area contributed by atoms with E-state index in [1.165, 1.54) is 6.07 Å². The van der Waals surface area contributed by atoms with Crippen LogP contribution in [0.25, 0.3) is 0 Å². The maximum Gasteiger partial charge on any atom is 0.433 e. The maximum absolute atomic E-state index is 12.8. The number of nitriles is 1. The fourth-order valence-corrected chi connectivity index (χ4v) is 1.37. The number of carbonyl (C=O) groups excluding carboxylic acids is 1. The van der Waals surface area contributed by atoms with Crippen molar-refractivity contribution in [3.05, 3.63) is 28.6 Å². The molecule has 0 spiro atoms. The van der Waals surface area contributed by atoms with Crippen LogP contribution >= 0.6 is 0 Å². The lowest BCUT2D eigenvalue weighted by Crippen LogP contribution is -2.18. The average Bonchev–Trinajstić information content (AvgIpc) is 2.34. The number of rotatable bonds is 2. The SMILES string of the molecule is COC(=O)c1c(C#N)cnc(C(F)(F)F)c1C(F)F. The van der Waals surface area contributed by atoms with Crippen molar-refractivity contribution < 1.29 is 31.5 Å². The largest absolute Gasteiger partial charge is 0.465 e. The lowest BCUT2D eigenvalue weighted by Gasteiger charge is -2.15. The van der Waals surface area contributed by atoms with E-state index in [1.807, 2.05) is 0 Å². The Labute approximate surface area is 103 Å². The van der Waals surface area contributed by atoms with Crippen molar-refractivity contribution in [3.63, 3.8) is 0 Å². The second-order valence-electron chi connectivity index (χ2n) is 3.21. The molecule has 0 aliphatic heterocycles. The zero-order valence-electron chi connectivity index (χ0n) is 9.26. The van der Waals surface area contributed by atoms with Crippen LogP contribution in [0, 0.1) is 11.3 Å². The number of hydrogen-bond donors (Lipinski definition) is 0. The Bertz CT molecular complexity index is 548. The van der Waals surface area contributed by atoms with Gasteiger partial charge in [-0.15, -0.1) is 0 Å². The van der Waals surface area contributed by atoms with E-state index in [2.05, 4.69) is 9.72 Å². The lowest BCUT2D eigenvalue weighted by atomic mass is 10.0. The van der Waals surface area contributed by atoms with E-state index in [9.17, 15) is 26.7 Å². The van der Waals surface area contributed by atoms with Crippen LogP contribution in [0.15, 0.2) is 6.20 Å². The first kappa shape index (κ1) is 14.8. The fourth-order valence-electron chi connectivity index (χ4n) is 1.37. The first-order chi connectivity index (χ1) is 8.73. The molecule has 0 saturated heterocycles. The summed E-state index contributed by atoms with van der Waals surface area (Å²) in [7, 11) is 0.798. The van der Waals surface area contributed by atoms with Gasteiger partial charge in [-0.05, 0) is 0 Å². The van der Waals surface area contributed by atoms with Gasteiger partial charge >= 0.3 is 12.1 Å². The van der Waals surface area contributed by atoms with E-state index in [0.29, 0.717) is 6.20 Å². The summed E-state index contributed by atoms with van der Waals surface area (Å²) in [5.41, 5.74) is -5.40. The van der Waals surface area contributed by atoms with Crippen LogP contribution in [-0.4, -0.2) is 18.1 Å². The fraction of sp³-hybridized carbons (Fsp3) is 0.300. The number of esters is 1. The number of hydrogen-bond acceptors (Lipinski definition) is 4. The minimum absolute atomic E-state index is 0.404. The van der Waals surface area contributed by atoms with Gasteiger partial charge in [-0.1, -0.05) is 0 Å². The van der Waals surface area contributed by atoms with Crippen LogP contribution in [0.2, 0.25) is 0 Å². The number of carbonyl (C=O) groups is 1. The second kappa shape index (κ2) is 5.17. The van der Waals surface area contributed by atoms with Gasteiger partial charge in [0.1, 0.15) is 6.07 Å². The summed E-state index contributed by atoms with van der Waals surface area (Å²) in [5.74, 6) is -1.46. The van der Waals surface area contributed by atoms with Crippen LogP contribution in [-0.2, 0) is 10.9 Å². The molecule has 0 aliphatic carbocycles. The Morgan fingerprint density at radius 3 is 2.42 bits per heavy atom. The molecule has 0 bridgehead atoms. The van der Waals surface area contributed by atoms with E-state index >= 15 is 0 Å². The van der Waals surface area contributed by atoms with Gasteiger partial charge in [0.15, 0.2) is 5.69 Å². The zero-order chi connectivity index (χ0) is 14.8. The van der Waals surface area contributed by atoms with Crippen LogP contribution < -0.4 is 0 Å². The van der Waals surface area contributed by atoms with E-state index in [0.717, 1.165) is 7.11 Å². The highest BCUT2D eigenvalue weighted by molar-refractivity contribution is 5.94. The number of nitrogens with zero attached hydrogens (tertiary/aromatic N) is 2. The Balaban J connectivity index is 3.75. The van der Waals surface area contributed by atoms with Gasteiger partial charge in [-0.3, -0.25) is 0 Å². The van der Waals surface area contributed by atoms with E-state index in [4.69, 9.17) is 5.26 Å². The van der Waals surface area contributed by atoms with Gasteiger partial charge in [-0.2, -0.15) is 18.4 Å². The molecule has 1 rings (SSSR count). The third-order valence-electron chi connectivity index (χ3n) is 2.11. The molecule has 19 heavy (non-hydrogen) atoms. The molecule has 1 aromatic rings. The smallest absolute Gasteiger partial charge is 0.433 e. The van der Waals surface area contributed by atoms with Gasteiger partial charge in [-0.25, -0.2) is 18.6 Å². The van der Waals surface area contributed by atoms with Crippen molar-refractivity contribution in [2.45, 2.75) is 12.6 Å². The third kappa shape index (κ3) is 2.78. The number of ether oxygens (including phenoxy) is 1. The summed E-state index contributed by atoms with van der Waals surface area (Å²) in [5, 5.41) is 8.64. The predicted octanol–water partition coefficient (Wildman–Crippen LogP) is 2.70. The monoisotopic (exact) mass is 280 g/mol. The molecule has 1 heterocycles. The van der Waals surface area contributed by atoms with E-state index in [-0.39, 0.29) is 0 Å². The summed E-state index contributed by atoms with van der Waals surface area (Å²) in [6.07, 6.45) is -8.41.